The standard InChI is InChI=1S/C25H22O2/c26-20-10-4-17(5-11-20)24(18-6-12-21(27)13-7-18)23-15-9-19-8-14-22(25(19)23)16-2-1-3-16/h2,4-7,10-13,19,22,25-27H,8-9,14-15H2/t19?,22?,25-/m1/s1. The van der Waals surface area contributed by atoms with Gasteiger partial charge in [-0.05, 0) is 84.4 Å². The Bertz CT molecular complexity index is 963. The molecule has 2 fully saturated rings. The quantitative estimate of drug-likeness (QED) is 0.706. The molecule has 0 radical (unpaired) electrons. The van der Waals surface area contributed by atoms with Crippen molar-refractivity contribution >= 4 is 5.57 Å². The van der Waals surface area contributed by atoms with Crippen LogP contribution >= 0.6 is 0 Å². The summed E-state index contributed by atoms with van der Waals surface area (Å²) in [6, 6.07) is 15.1. The SMILES string of the molecule is Oc1ccc(C(=C2CCC3CCC(C4=C=C=C4)[C@H]23)c2ccc(O)cc2)cc1. The molecule has 3 aliphatic carbocycles. The van der Waals surface area contributed by atoms with Gasteiger partial charge in [-0.15, -0.1) is 0 Å². The molecule has 2 aromatic carbocycles. The summed E-state index contributed by atoms with van der Waals surface area (Å²) in [6.45, 7) is 0. The van der Waals surface area contributed by atoms with Crippen molar-refractivity contribution in [2.24, 2.45) is 17.8 Å². The first-order chi connectivity index (χ1) is 13.2. The first-order valence-electron chi connectivity index (χ1n) is 9.74. The predicted molar refractivity (Wildman–Crippen MR) is 106 cm³/mol. The van der Waals surface area contributed by atoms with Gasteiger partial charge in [0, 0.05) is 11.6 Å². The zero-order chi connectivity index (χ0) is 18.4. The van der Waals surface area contributed by atoms with Crippen LogP contribution in [0, 0.1) is 17.8 Å². The molecule has 0 amide bonds. The van der Waals surface area contributed by atoms with Crippen LogP contribution in [0.1, 0.15) is 36.8 Å². The van der Waals surface area contributed by atoms with E-state index in [0.29, 0.717) is 11.8 Å². The van der Waals surface area contributed by atoms with E-state index in [0.717, 1.165) is 23.5 Å². The molecule has 0 aromatic heterocycles. The lowest BCUT2D eigenvalue weighted by molar-refractivity contribution is 0.443. The average Bonchev–Trinajstić information content (AvgIpc) is 3.21. The molecule has 0 aliphatic heterocycles. The van der Waals surface area contributed by atoms with Crippen LogP contribution in [0.15, 0.2) is 77.2 Å². The number of allylic oxidation sites excluding steroid dienone is 3. The Morgan fingerprint density at radius 2 is 1.41 bits per heavy atom. The minimum Gasteiger partial charge on any atom is -0.508 e. The fourth-order valence-electron chi connectivity index (χ4n) is 5.23. The van der Waals surface area contributed by atoms with Gasteiger partial charge in [0.25, 0.3) is 0 Å². The molecule has 5 rings (SSSR count). The largest absolute Gasteiger partial charge is 0.508 e. The lowest BCUT2D eigenvalue weighted by atomic mass is 9.79. The van der Waals surface area contributed by atoms with E-state index in [1.54, 1.807) is 24.3 Å². The van der Waals surface area contributed by atoms with E-state index < -0.39 is 0 Å². The van der Waals surface area contributed by atoms with E-state index >= 15 is 0 Å². The fourth-order valence-corrected chi connectivity index (χ4v) is 5.23. The molecule has 0 heterocycles. The summed E-state index contributed by atoms with van der Waals surface area (Å²) in [5.41, 5.74) is 12.7. The molecule has 3 atom stereocenters. The lowest BCUT2D eigenvalue weighted by Crippen LogP contribution is -2.15. The van der Waals surface area contributed by atoms with Gasteiger partial charge in [-0.25, -0.2) is 0 Å². The van der Waals surface area contributed by atoms with Crippen molar-refractivity contribution in [2.45, 2.75) is 25.7 Å². The zero-order valence-electron chi connectivity index (χ0n) is 15.2. The number of rotatable bonds is 3. The van der Waals surface area contributed by atoms with Gasteiger partial charge < -0.3 is 10.2 Å². The van der Waals surface area contributed by atoms with E-state index in [1.807, 2.05) is 24.3 Å². The normalized spacial score (nSPS) is 25.3. The molecule has 0 spiro atoms. The Balaban J connectivity index is 1.67. The van der Waals surface area contributed by atoms with Crippen LogP contribution in [-0.2, 0) is 0 Å². The first kappa shape index (κ1) is 16.3. The highest BCUT2D eigenvalue weighted by Crippen LogP contribution is 2.55. The van der Waals surface area contributed by atoms with Crippen molar-refractivity contribution in [2.75, 3.05) is 0 Å². The molecule has 0 bridgehead atoms. The van der Waals surface area contributed by atoms with Gasteiger partial charge in [-0.1, -0.05) is 41.3 Å². The van der Waals surface area contributed by atoms with Crippen LogP contribution in [0.2, 0.25) is 0 Å². The second-order valence-corrected chi connectivity index (χ2v) is 7.87. The number of phenols is 2. The van der Waals surface area contributed by atoms with Gasteiger partial charge in [0.1, 0.15) is 11.5 Å². The molecule has 2 aromatic rings. The number of aromatic hydroxyl groups is 2. The number of fused-ring (bicyclic) bond motifs is 1. The molecule has 2 unspecified atom stereocenters. The number of benzene rings is 2. The minimum atomic E-state index is 0.284. The monoisotopic (exact) mass is 354 g/mol. The predicted octanol–water partition coefficient (Wildman–Crippen LogP) is 5.59. The summed E-state index contributed by atoms with van der Waals surface area (Å²) in [5, 5.41) is 19.5. The van der Waals surface area contributed by atoms with Gasteiger partial charge in [0.05, 0.1) is 0 Å². The summed E-state index contributed by atoms with van der Waals surface area (Å²) < 4.78 is 0. The highest BCUT2D eigenvalue weighted by atomic mass is 16.3. The van der Waals surface area contributed by atoms with Crippen LogP contribution < -0.4 is 0 Å². The van der Waals surface area contributed by atoms with E-state index in [1.165, 1.54) is 36.0 Å². The van der Waals surface area contributed by atoms with Crippen molar-refractivity contribution in [3.63, 3.8) is 0 Å². The maximum absolute atomic E-state index is 9.74. The van der Waals surface area contributed by atoms with Crippen LogP contribution in [0.25, 0.3) is 5.57 Å². The number of hydrogen-bond donors (Lipinski definition) is 2. The Morgan fingerprint density at radius 1 is 0.815 bits per heavy atom. The first-order valence-corrected chi connectivity index (χ1v) is 9.74. The average molecular weight is 354 g/mol. The number of phenolic OH excluding ortho intramolecular Hbond substituents is 2. The number of hydrogen-bond acceptors (Lipinski definition) is 2. The van der Waals surface area contributed by atoms with Crippen molar-refractivity contribution in [3.05, 3.63) is 88.3 Å². The summed E-state index contributed by atoms with van der Waals surface area (Å²) in [5.74, 6) is 2.43. The third kappa shape index (κ3) is 2.75. The summed E-state index contributed by atoms with van der Waals surface area (Å²) in [7, 11) is 0. The Hall–Kier alpha value is -2.92. The van der Waals surface area contributed by atoms with E-state index in [2.05, 4.69) is 17.5 Å². The smallest absolute Gasteiger partial charge is 0.115 e. The topological polar surface area (TPSA) is 40.5 Å². The van der Waals surface area contributed by atoms with Gasteiger partial charge >= 0.3 is 0 Å². The van der Waals surface area contributed by atoms with E-state index in [9.17, 15) is 10.2 Å². The zero-order valence-corrected chi connectivity index (χ0v) is 15.2. The van der Waals surface area contributed by atoms with Gasteiger partial charge in [-0.2, -0.15) is 0 Å². The molecule has 134 valence electrons. The summed E-state index contributed by atoms with van der Waals surface area (Å²) in [4.78, 5) is 0. The molecule has 2 saturated carbocycles. The molecular formula is C25H22O2. The second-order valence-electron chi connectivity index (χ2n) is 7.87. The Labute approximate surface area is 159 Å². The highest BCUT2D eigenvalue weighted by Gasteiger charge is 2.44. The molecule has 27 heavy (non-hydrogen) atoms. The van der Waals surface area contributed by atoms with Crippen LogP contribution in [0.3, 0.4) is 0 Å². The lowest BCUT2D eigenvalue weighted by Gasteiger charge is -2.25. The van der Waals surface area contributed by atoms with Crippen molar-refractivity contribution in [3.8, 4) is 11.5 Å². The molecular weight excluding hydrogens is 332 g/mol. The molecule has 3 aliphatic rings. The Kier molecular flexibility index (Phi) is 3.83. The van der Waals surface area contributed by atoms with Crippen molar-refractivity contribution < 1.29 is 10.2 Å². The third-order valence-electron chi connectivity index (χ3n) is 6.45. The fraction of sp³-hybridized carbons (Fsp3) is 0.280. The maximum Gasteiger partial charge on any atom is 0.115 e. The van der Waals surface area contributed by atoms with Gasteiger partial charge in [0.15, 0.2) is 0 Å². The van der Waals surface area contributed by atoms with E-state index in [4.69, 9.17) is 0 Å². The molecule has 2 nitrogen and oxygen atoms in total. The summed E-state index contributed by atoms with van der Waals surface area (Å²) in [6.07, 6.45) is 6.98. The van der Waals surface area contributed by atoms with Gasteiger partial charge in [0.2, 0.25) is 0 Å². The van der Waals surface area contributed by atoms with Crippen molar-refractivity contribution in [1.82, 2.24) is 0 Å². The minimum absolute atomic E-state index is 0.284. The van der Waals surface area contributed by atoms with Crippen LogP contribution in [-0.4, -0.2) is 10.2 Å². The molecule has 2 heteroatoms. The van der Waals surface area contributed by atoms with Gasteiger partial charge in [-0.3, -0.25) is 0 Å². The van der Waals surface area contributed by atoms with Crippen molar-refractivity contribution in [1.29, 1.82) is 0 Å². The second kappa shape index (κ2) is 6.35. The van der Waals surface area contributed by atoms with Crippen LogP contribution in [0.5, 0.6) is 11.5 Å². The van der Waals surface area contributed by atoms with E-state index in [-0.39, 0.29) is 11.5 Å². The molecule has 0 saturated heterocycles. The Morgan fingerprint density at radius 3 is 1.93 bits per heavy atom. The molecule has 2 N–H and O–H groups in total. The maximum atomic E-state index is 9.74. The summed E-state index contributed by atoms with van der Waals surface area (Å²) >= 11 is 0. The third-order valence-corrected chi connectivity index (χ3v) is 6.45. The highest BCUT2D eigenvalue weighted by molar-refractivity contribution is 5.83. The van der Waals surface area contributed by atoms with Crippen LogP contribution in [0.4, 0.5) is 0 Å².